The van der Waals surface area contributed by atoms with Crippen molar-refractivity contribution in [2.24, 2.45) is 5.92 Å². The molecule has 1 N–H and O–H groups in total. The predicted molar refractivity (Wildman–Crippen MR) is 76.1 cm³/mol. The number of carbonyl (C=O) groups is 2. The molecule has 1 aliphatic heterocycles. The molecule has 5 nitrogen and oxygen atoms in total. The molecular weight excluding hydrogens is 256 g/mol. The molecule has 0 bridgehead atoms. The summed E-state index contributed by atoms with van der Waals surface area (Å²) in [6, 6.07) is -0.516. The third-order valence-electron chi connectivity index (χ3n) is 4.85. The number of nitrogens with one attached hydrogen (secondary N) is 1. The molecule has 1 aliphatic carbocycles. The fraction of sp³-hybridized carbons (Fsp3) is 0.867. The molecule has 114 valence electrons. The fourth-order valence-corrected chi connectivity index (χ4v) is 3.15. The molecule has 1 saturated carbocycles. The van der Waals surface area contributed by atoms with Crippen molar-refractivity contribution in [3.63, 3.8) is 0 Å². The van der Waals surface area contributed by atoms with Gasteiger partial charge in [-0.25, -0.2) is 0 Å². The smallest absolute Gasteiger partial charge is 0.246 e. The second-order valence-corrected chi connectivity index (χ2v) is 6.02. The first-order valence-corrected chi connectivity index (χ1v) is 7.68. The number of ether oxygens (including phenoxy) is 1. The van der Waals surface area contributed by atoms with Crippen LogP contribution in [0.25, 0.3) is 0 Å². The predicted octanol–water partition coefficient (Wildman–Crippen LogP) is 1.32. The van der Waals surface area contributed by atoms with Gasteiger partial charge in [0.2, 0.25) is 11.8 Å². The normalized spacial score (nSPS) is 35.5. The average molecular weight is 282 g/mol. The zero-order valence-electron chi connectivity index (χ0n) is 12.9. The highest BCUT2D eigenvalue weighted by Crippen LogP contribution is 2.33. The van der Waals surface area contributed by atoms with E-state index in [2.05, 4.69) is 5.32 Å². The van der Waals surface area contributed by atoms with Crippen LogP contribution in [0.1, 0.15) is 46.5 Å². The van der Waals surface area contributed by atoms with Crippen molar-refractivity contribution >= 4 is 11.8 Å². The Labute approximate surface area is 121 Å². The van der Waals surface area contributed by atoms with E-state index < -0.39 is 0 Å². The molecule has 2 rings (SSSR count). The highest BCUT2D eigenvalue weighted by Gasteiger charge is 2.47. The van der Waals surface area contributed by atoms with Crippen LogP contribution in [0.5, 0.6) is 0 Å². The van der Waals surface area contributed by atoms with Gasteiger partial charge < -0.3 is 15.0 Å². The summed E-state index contributed by atoms with van der Waals surface area (Å²) in [6.07, 6.45) is 3.47. The van der Waals surface area contributed by atoms with E-state index in [0.29, 0.717) is 6.42 Å². The summed E-state index contributed by atoms with van der Waals surface area (Å²) in [5, 5.41) is 2.91. The van der Waals surface area contributed by atoms with E-state index in [9.17, 15) is 9.59 Å². The molecule has 2 fully saturated rings. The molecule has 3 unspecified atom stereocenters. The number of amides is 2. The molecule has 3 atom stereocenters. The Balaban J connectivity index is 2.15. The van der Waals surface area contributed by atoms with Gasteiger partial charge in [0.15, 0.2) is 0 Å². The van der Waals surface area contributed by atoms with E-state index in [1.807, 2.05) is 25.7 Å². The van der Waals surface area contributed by atoms with Crippen molar-refractivity contribution < 1.29 is 14.3 Å². The molecule has 0 spiro atoms. The summed E-state index contributed by atoms with van der Waals surface area (Å²) < 4.78 is 5.30. The molecule has 0 aromatic carbocycles. The Morgan fingerprint density at radius 1 is 1.35 bits per heavy atom. The first-order valence-electron chi connectivity index (χ1n) is 7.68. The first kappa shape index (κ1) is 15.3. The van der Waals surface area contributed by atoms with Crippen LogP contribution in [0.15, 0.2) is 0 Å². The second kappa shape index (κ2) is 6.12. The quantitative estimate of drug-likeness (QED) is 0.827. The first-order chi connectivity index (χ1) is 9.53. The zero-order chi connectivity index (χ0) is 14.9. The number of rotatable bonds is 5. The minimum Gasteiger partial charge on any atom is -0.381 e. The summed E-state index contributed by atoms with van der Waals surface area (Å²) >= 11 is 0. The van der Waals surface area contributed by atoms with Gasteiger partial charge in [-0.2, -0.15) is 0 Å². The van der Waals surface area contributed by atoms with Crippen molar-refractivity contribution in [2.75, 3.05) is 7.11 Å². The number of carbonyl (C=O) groups excluding carboxylic acids is 2. The van der Waals surface area contributed by atoms with Crippen molar-refractivity contribution in [3.8, 4) is 0 Å². The monoisotopic (exact) mass is 282 g/mol. The van der Waals surface area contributed by atoms with E-state index in [0.717, 1.165) is 19.3 Å². The molecular formula is C15H26N2O3. The van der Waals surface area contributed by atoms with E-state index in [1.54, 1.807) is 7.11 Å². The van der Waals surface area contributed by atoms with E-state index in [4.69, 9.17) is 4.74 Å². The topological polar surface area (TPSA) is 58.6 Å². The van der Waals surface area contributed by atoms with Gasteiger partial charge >= 0.3 is 0 Å². The third kappa shape index (κ3) is 2.55. The SMILES string of the molecule is CCC(C)C1NC(=O)C(CC)N(C2CC(OC)C2)C1=O. The Hall–Kier alpha value is -1.10. The third-order valence-corrected chi connectivity index (χ3v) is 4.85. The van der Waals surface area contributed by atoms with Crippen LogP contribution in [0.3, 0.4) is 0 Å². The Bertz CT molecular complexity index is 379. The van der Waals surface area contributed by atoms with Gasteiger partial charge in [0.25, 0.3) is 0 Å². The lowest BCUT2D eigenvalue weighted by Crippen LogP contribution is -2.69. The highest BCUT2D eigenvalue weighted by atomic mass is 16.5. The maximum atomic E-state index is 12.7. The van der Waals surface area contributed by atoms with Gasteiger partial charge in [0.05, 0.1) is 6.10 Å². The molecule has 1 saturated heterocycles. The van der Waals surface area contributed by atoms with E-state index >= 15 is 0 Å². The number of methoxy groups -OCH3 is 1. The molecule has 5 heteroatoms. The van der Waals surface area contributed by atoms with E-state index in [1.165, 1.54) is 0 Å². The standard InChI is InChI=1S/C15H26N2O3/c1-5-9(3)13-15(19)17(10-7-11(8-10)20-4)12(6-2)14(18)16-13/h9-13H,5-8H2,1-4H3,(H,16,18). The molecule has 0 radical (unpaired) electrons. The van der Waals surface area contributed by atoms with Crippen molar-refractivity contribution in [3.05, 3.63) is 0 Å². The fourth-order valence-electron chi connectivity index (χ4n) is 3.15. The summed E-state index contributed by atoms with van der Waals surface area (Å²) in [5.41, 5.74) is 0. The maximum Gasteiger partial charge on any atom is 0.246 e. The Morgan fingerprint density at radius 2 is 2.00 bits per heavy atom. The molecule has 2 amide bonds. The minimum atomic E-state index is -0.364. The van der Waals surface area contributed by atoms with Crippen LogP contribution in [-0.2, 0) is 14.3 Å². The van der Waals surface area contributed by atoms with Crippen LogP contribution in [0, 0.1) is 5.92 Å². The molecule has 0 aromatic heterocycles. The summed E-state index contributed by atoms with van der Waals surface area (Å²) in [6.45, 7) is 6.03. The lowest BCUT2D eigenvalue weighted by atomic mass is 9.83. The second-order valence-electron chi connectivity index (χ2n) is 6.02. The minimum absolute atomic E-state index is 0.00160. The lowest BCUT2D eigenvalue weighted by molar-refractivity contribution is -0.159. The average Bonchev–Trinajstić information content (AvgIpc) is 2.40. The summed E-state index contributed by atoms with van der Waals surface area (Å²) in [7, 11) is 1.70. The summed E-state index contributed by atoms with van der Waals surface area (Å²) in [4.78, 5) is 26.9. The van der Waals surface area contributed by atoms with Crippen LogP contribution in [0.4, 0.5) is 0 Å². The van der Waals surface area contributed by atoms with Crippen molar-refractivity contribution in [1.82, 2.24) is 10.2 Å². The number of hydrogen-bond acceptors (Lipinski definition) is 3. The number of piperazine rings is 1. The molecule has 1 heterocycles. The molecule has 20 heavy (non-hydrogen) atoms. The lowest BCUT2D eigenvalue weighted by Gasteiger charge is -2.49. The Kier molecular flexibility index (Phi) is 4.68. The van der Waals surface area contributed by atoms with Crippen molar-refractivity contribution in [2.45, 2.75) is 70.7 Å². The Morgan fingerprint density at radius 3 is 2.50 bits per heavy atom. The van der Waals surface area contributed by atoms with Crippen LogP contribution < -0.4 is 5.32 Å². The number of hydrogen-bond donors (Lipinski definition) is 1. The summed E-state index contributed by atoms with van der Waals surface area (Å²) in [5.74, 6) is 0.258. The van der Waals surface area contributed by atoms with Crippen LogP contribution >= 0.6 is 0 Å². The zero-order valence-corrected chi connectivity index (χ0v) is 12.9. The van der Waals surface area contributed by atoms with Gasteiger partial charge in [-0.05, 0) is 25.2 Å². The highest BCUT2D eigenvalue weighted by molar-refractivity contribution is 5.97. The maximum absolute atomic E-state index is 12.7. The van der Waals surface area contributed by atoms with E-state index in [-0.39, 0.29) is 42.0 Å². The number of nitrogens with zero attached hydrogens (tertiary/aromatic N) is 1. The van der Waals surface area contributed by atoms with Crippen molar-refractivity contribution in [1.29, 1.82) is 0 Å². The van der Waals surface area contributed by atoms with Gasteiger partial charge in [0.1, 0.15) is 12.1 Å². The van der Waals surface area contributed by atoms with Gasteiger partial charge in [-0.15, -0.1) is 0 Å². The molecule has 0 aromatic rings. The van der Waals surface area contributed by atoms with Crippen LogP contribution in [0.2, 0.25) is 0 Å². The molecule has 2 aliphatic rings. The largest absolute Gasteiger partial charge is 0.381 e. The van der Waals surface area contributed by atoms with Gasteiger partial charge in [-0.1, -0.05) is 27.2 Å². The van der Waals surface area contributed by atoms with Crippen LogP contribution in [-0.4, -0.2) is 48.1 Å². The van der Waals surface area contributed by atoms with Gasteiger partial charge in [-0.3, -0.25) is 9.59 Å². The van der Waals surface area contributed by atoms with Gasteiger partial charge in [0, 0.05) is 13.2 Å².